The molecule has 0 saturated carbocycles. The van der Waals surface area contributed by atoms with Gasteiger partial charge in [-0.25, -0.2) is 8.42 Å². The van der Waals surface area contributed by atoms with E-state index in [1.54, 1.807) is 23.1 Å². The van der Waals surface area contributed by atoms with Gasteiger partial charge in [0.2, 0.25) is 15.9 Å². The van der Waals surface area contributed by atoms with Crippen LogP contribution in [0.1, 0.15) is 12.0 Å². The molecule has 0 unspecified atom stereocenters. The average Bonchev–Trinajstić information content (AvgIpc) is 3.07. The molecule has 1 fully saturated rings. The van der Waals surface area contributed by atoms with Crippen LogP contribution in [0.4, 0.5) is 0 Å². The Labute approximate surface area is 188 Å². The lowest BCUT2D eigenvalue weighted by Gasteiger charge is -2.33. The lowest BCUT2D eigenvalue weighted by Crippen LogP contribution is -2.50. The number of benzene rings is 2. The molecular formula is C23H26N2O6S. The molecule has 32 heavy (non-hydrogen) atoms. The zero-order valence-electron chi connectivity index (χ0n) is 17.9. The molecule has 0 spiro atoms. The lowest BCUT2D eigenvalue weighted by molar-refractivity contribution is -0.127. The summed E-state index contributed by atoms with van der Waals surface area (Å²) in [4.78, 5) is 14.5. The van der Waals surface area contributed by atoms with Crippen molar-refractivity contribution in [3.8, 4) is 17.2 Å². The number of carbonyl (C=O) groups excluding carboxylic acids is 1. The van der Waals surface area contributed by atoms with E-state index in [0.29, 0.717) is 43.6 Å². The largest absolute Gasteiger partial charge is 0.497 e. The first kappa shape index (κ1) is 22.2. The lowest BCUT2D eigenvalue weighted by atomic mass is 10.2. The molecule has 2 aromatic carbocycles. The first-order valence-electron chi connectivity index (χ1n) is 10.5. The predicted molar refractivity (Wildman–Crippen MR) is 119 cm³/mol. The molecule has 9 heteroatoms. The third-order valence-corrected chi connectivity index (χ3v) is 7.35. The molecule has 1 saturated heterocycles. The number of amides is 1. The van der Waals surface area contributed by atoms with E-state index in [0.717, 1.165) is 12.0 Å². The number of hydrogen-bond donors (Lipinski definition) is 0. The summed E-state index contributed by atoms with van der Waals surface area (Å²) < 4.78 is 43.5. The van der Waals surface area contributed by atoms with Crippen molar-refractivity contribution in [2.45, 2.75) is 11.3 Å². The van der Waals surface area contributed by atoms with E-state index in [9.17, 15) is 13.2 Å². The number of hydrogen-bond acceptors (Lipinski definition) is 6. The minimum absolute atomic E-state index is 0.154. The van der Waals surface area contributed by atoms with Gasteiger partial charge < -0.3 is 19.1 Å². The summed E-state index contributed by atoms with van der Waals surface area (Å²) in [5, 5.41) is 0. The molecule has 0 bridgehead atoms. The van der Waals surface area contributed by atoms with Crippen molar-refractivity contribution in [1.29, 1.82) is 0 Å². The Bertz CT molecular complexity index is 1090. The van der Waals surface area contributed by atoms with Crippen LogP contribution in [0.5, 0.6) is 17.2 Å². The van der Waals surface area contributed by atoms with E-state index < -0.39 is 10.0 Å². The number of methoxy groups -OCH3 is 1. The van der Waals surface area contributed by atoms with Gasteiger partial charge in [0.15, 0.2) is 11.5 Å². The van der Waals surface area contributed by atoms with Crippen LogP contribution in [-0.4, -0.2) is 70.0 Å². The van der Waals surface area contributed by atoms with Crippen molar-refractivity contribution in [2.75, 3.05) is 46.5 Å². The summed E-state index contributed by atoms with van der Waals surface area (Å²) in [5.74, 6) is 1.83. The highest BCUT2D eigenvalue weighted by atomic mass is 32.2. The van der Waals surface area contributed by atoms with Crippen molar-refractivity contribution in [3.05, 3.63) is 54.1 Å². The highest BCUT2D eigenvalue weighted by molar-refractivity contribution is 7.89. The van der Waals surface area contributed by atoms with Gasteiger partial charge in [0, 0.05) is 38.7 Å². The Hall–Kier alpha value is -3.04. The van der Waals surface area contributed by atoms with E-state index in [1.165, 1.54) is 29.6 Å². The molecule has 2 aliphatic rings. The third kappa shape index (κ3) is 4.89. The zero-order valence-corrected chi connectivity index (χ0v) is 18.7. The summed E-state index contributed by atoms with van der Waals surface area (Å²) in [5.41, 5.74) is 0.836. The van der Waals surface area contributed by atoms with Crippen molar-refractivity contribution >= 4 is 22.0 Å². The van der Waals surface area contributed by atoms with Gasteiger partial charge in [0.25, 0.3) is 0 Å². The number of piperazine rings is 1. The maximum Gasteiger partial charge on any atom is 0.246 e. The number of carbonyl (C=O) groups is 1. The van der Waals surface area contributed by atoms with E-state index in [-0.39, 0.29) is 23.9 Å². The van der Waals surface area contributed by atoms with Gasteiger partial charge in [-0.05, 0) is 48.0 Å². The van der Waals surface area contributed by atoms with E-state index in [4.69, 9.17) is 14.2 Å². The topological polar surface area (TPSA) is 85.4 Å². The van der Waals surface area contributed by atoms with Crippen LogP contribution in [0.2, 0.25) is 0 Å². The van der Waals surface area contributed by atoms with E-state index in [1.807, 2.05) is 18.2 Å². The van der Waals surface area contributed by atoms with Crippen molar-refractivity contribution < 1.29 is 27.4 Å². The maximum absolute atomic E-state index is 12.9. The van der Waals surface area contributed by atoms with Gasteiger partial charge in [0.1, 0.15) is 5.75 Å². The number of sulfonamides is 1. The molecule has 8 nitrogen and oxygen atoms in total. The summed E-state index contributed by atoms with van der Waals surface area (Å²) in [6.07, 6.45) is 4.07. The summed E-state index contributed by atoms with van der Waals surface area (Å²) >= 11 is 0. The number of ether oxygens (including phenoxy) is 3. The van der Waals surface area contributed by atoms with Crippen molar-refractivity contribution in [1.82, 2.24) is 9.21 Å². The van der Waals surface area contributed by atoms with Gasteiger partial charge >= 0.3 is 0 Å². The van der Waals surface area contributed by atoms with Crippen LogP contribution >= 0.6 is 0 Å². The van der Waals surface area contributed by atoms with Gasteiger partial charge in [-0.2, -0.15) is 4.31 Å². The minimum Gasteiger partial charge on any atom is -0.497 e. The van der Waals surface area contributed by atoms with Gasteiger partial charge in [0.05, 0.1) is 25.2 Å². The highest BCUT2D eigenvalue weighted by Crippen LogP contribution is 2.30. The average molecular weight is 459 g/mol. The normalized spacial score (nSPS) is 17.2. The molecule has 170 valence electrons. The molecule has 2 heterocycles. The quantitative estimate of drug-likeness (QED) is 0.640. The Morgan fingerprint density at radius 1 is 0.969 bits per heavy atom. The van der Waals surface area contributed by atoms with Crippen LogP contribution in [0.25, 0.3) is 6.08 Å². The van der Waals surface area contributed by atoms with Gasteiger partial charge in [-0.1, -0.05) is 6.07 Å². The first-order valence-corrected chi connectivity index (χ1v) is 11.9. The minimum atomic E-state index is -3.61. The predicted octanol–water partition coefficient (Wildman–Crippen LogP) is 2.40. The smallest absolute Gasteiger partial charge is 0.246 e. The van der Waals surface area contributed by atoms with Crippen LogP contribution < -0.4 is 14.2 Å². The van der Waals surface area contributed by atoms with Crippen LogP contribution in [0.3, 0.4) is 0 Å². The van der Waals surface area contributed by atoms with Crippen LogP contribution in [0, 0.1) is 0 Å². The molecule has 0 radical (unpaired) electrons. The molecular weight excluding hydrogens is 432 g/mol. The first-order chi connectivity index (χ1) is 15.5. The number of rotatable bonds is 5. The summed E-state index contributed by atoms with van der Waals surface area (Å²) in [6.45, 7) is 2.39. The molecule has 4 rings (SSSR count). The Morgan fingerprint density at radius 3 is 2.34 bits per heavy atom. The third-order valence-electron chi connectivity index (χ3n) is 5.44. The molecule has 0 atom stereocenters. The maximum atomic E-state index is 12.9. The molecule has 1 amide bonds. The van der Waals surface area contributed by atoms with Crippen LogP contribution in [0.15, 0.2) is 53.4 Å². The standard InChI is InChI=1S/C23H26N2O6S/c1-29-19-5-7-20(8-6-19)32(27,28)25-13-11-24(12-14-25)23(26)10-4-18-3-9-21-22(17-18)31-16-2-15-30-21/h3-10,17H,2,11-16H2,1H3. The Morgan fingerprint density at radius 2 is 1.66 bits per heavy atom. The second-order valence-corrected chi connectivity index (χ2v) is 9.43. The van der Waals surface area contributed by atoms with E-state index >= 15 is 0 Å². The molecule has 2 aromatic rings. The summed E-state index contributed by atoms with van der Waals surface area (Å²) in [6, 6.07) is 11.9. The monoisotopic (exact) mass is 458 g/mol. The van der Waals surface area contributed by atoms with Gasteiger partial charge in [-0.15, -0.1) is 0 Å². The molecule has 2 aliphatic heterocycles. The number of fused-ring (bicyclic) bond motifs is 1. The fraction of sp³-hybridized carbons (Fsp3) is 0.348. The van der Waals surface area contributed by atoms with Crippen molar-refractivity contribution in [2.24, 2.45) is 0 Å². The fourth-order valence-electron chi connectivity index (χ4n) is 3.60. The Kier molecular flexibility index (Phi) is 6.66. The van der Waals surface area contributed by atoms with Crippen LogP contribution in [-0.2, 0) is 14.8 Å². The van der Waals surface area contributed by atoms with Gasteiger partial charge in [-0.3, -0.25) is 4.79 Å². The van der Waals surface area contributed by atoms with E-state index in [2.05, 4.69) is 0 Å². The highest BCUT2D eigenvalue weighted by Gasteiger charge is 2.29. The second kappa shape index (κ2) is 9.62. The molecule has 0 aromatic heterocycles. The second-order valence-electron chi connectivity index (χ2n) is 7.49. The Balaban J connectivity index is 1.35. The number of nitrogens with zero attached hydrogens (tertiary/aromatic N) is 2. The fourth-order valence-corrected chi connectivity index (χ4v) is 5.02. The summed E-state index contributed by atoms with van der Waals surface area (Å²) in [7, 11) is -2.08. The zero-order chi connectivity index (χ0) is 22.6. The van der Waals surface area contributed by atoms with Crippen molar-refractivity contribution in [3.63, 3.8) is 0 Å². The molecule has 0 N–H and O–H groups in total. The SMILES string of the molecule is COc1ccc(S(=O)(=O)N2CCN(C(=O)C=Cc3ccc4c(c3)OCCCO4)CC2)cc1. The molecule has 0 aliphatic carbocycles.